The number of carbonyl (C=O) groups is 1. The number of H-pyrrole nitrogens is 1. The second kappa shape index (κ2) is 5.66. The standard InChI is InChI=1S/C14H15N3O2S/c1-19-11-4-2-3-10(7-11)12(18)8-20-14-15-13(16-17-14)9-5-6-9/h2-4,7,9H,5-6,8H2,1H3,(H,15,16,17). The molecule has 0 amide bonds. The van der Waals surface area contributed by atoms with Crippen molar-refractivity contribution in [1.29, 1.82) is 0 Å². The first-order valence-electron chi connectivity index (χ1n) is 6.48. The molecule has 104 valence electrons. The summed E-state index contributed by atoms with van der Waals surface area (Å²) in [7, 11) is 1.59. The van der Waals surface area contributed by atoms with Crippen molar-refractivity contribution in [2.24, 2.45) is 0 Å². The molecule has 1 heterocycles. The van der Waals surface area contributed by atoms with E-state index in [4.69, 9.17) is 4.74 Å². The number of nitrogens with one attached hydrogen (secondary N) is 1. The number of methoxy groups -OCH3 is 1. The number of hydrogen-bond acceptors (Lipinski definition) is 5. The number of thioether (sulfide) groups is 1. The summed E-state index contributed by atoms with van der Waals surface area (Å²) in [4.78, 5) is 16.5. The lowest BCUT2D eigenvalue weighted by Gasteiger charge is -2.02. The van der Waals surface area contributed by atoms with Gasteiger partial charge in [-0.2, -0.15) is 0 Å². The molecular formula is C14H15N3O2S. The van der Waals surface area contributed by atoms with Gasteiger partial charge in [-0.1, -0.05) is 23.9 Å². The highest BCUT2D eigenvalue weighted by atomic mass is 32.2. The van der Waals surface area contributed by atoms with Gasteiger partial charge in [0.15, 0.2) is 5.78 Å². The summed E-state index contributed by atoms with van der Waals surface area (Å²) in [6.07, 6.45) is 2.37. The Kier molecular flexibility index (Phi) is 3.73. The van der Waals surface area contributed by atoms with E-state index in [1.807, 2.05) is 12.1 Å². The minimum absolute atomic E-state index is 0.0478. The monoisotopic (exact) mass is 289 g/mol. The van der Waals surface area contributed by atoms with Crippen LogP contribution in [0.4, 0.5) is 0 Å². The molecule has 1 fully saturated rings. The number of ketones is 1. The van der Waals surface area contributed by atoms with Gasteiger partial charge in [-0.15, -0.1) is 5.10 Å². The number of hydrogen-bond donors (Lipinski definition) is 1. The average Bonchev–Trinajstić information content (AvgIpc) is 3.24. The Morgan fingerprint density at radius 2 is 2.35 bits per heavy atom. The zero-order valence-electron chi connectivity index (χ0n) is 11.1. The van der Waals surface area contributed by atoms with Crippen molar-refractivity contribution in [3.05, 3.63) is 35.7 Å². The molecule has 0 saturated heterocycles. The summed E-state index contributed by atoms with van der Waals surface area (Å²) in [6.45, 7) is 0. The fraction of sp³-hybridized carbons (Fsp3) is 0.357. The minimum Gasteiger partial charge on any atom is -0.497 e. The largest absolute Gasteiger partial charge is 0.497 e. The third kappa shape index (κ3) is 3.01. The molecule has 3 rings (SSSR count). The molecule has 2 aromatic rings. The van der Waals surface area contributed by atoms with E-state index in [-0.39, 0.29) is 5.78 Å². The summed E-state index contributed by atoms with van der Waals surface area (Å²) in [5.41, 5.74) is 0.648. The van der Waals surface area contributed by atoms with Gasteiger partial charge >= 0.3 is 0 Å². The summed E-state index contributed by atoms with van der Waals surface area (Å²) in [6, 6.07) is 7.17. The Balaban J connectivity index is 1.60. The molecular weight excluding hydrogens is 274 g/mol. The summed E-state index contributed by atoms with van der Waals surface area (Å²) in [5.74, 6) is 2.56. The summed E-state index contributed by atoms with van der Waals surface area (Å²) >= 11 is 1.36. The van der Waals surface area contributed by atoms with Crippen LogP contribution in [0, 0.1) is 0 Å². The third-order valence-electron chi connectivity index (χ3n) is 3.17. The highest BCUT2D eigenvalue weighted by molar-refractivity contribution is 7.99. The Hall–Kier alpha value is -1.82. The molecule has 1 aliphatic rings. The first kappa shape index (κ1) is 13.2. The van der Waals surface area contributed by atoms with Gasteiger partial charge in [0.1, 0.15) is 11.6 Å². The molecule has 1 aromatic heterocycles. The smallest absolute Gasteiger partial charge is 0.208 e. The Morgan fingerprint density at radius 1 is 1.50 bits per heavy atom. The molecule has 1 aliphatic carbocycles. The number of nitrogens with zero attached hydrogens (tertiary/aromatic N) is 2. The first-order chi connectivity index (χ1) is 9.76. The van der Waals surface area contributed by atoms with E-state index in [0.29, 0.717) is 28.1 Å². The third-order valence-corrected chi connectivity index (χ3v) is 4.02. The maximum Gasteiger partial charge on any atom is 0.208 e. The molecule has 0 unspecified atom stereocenters. The molecule has 0 aliphatic heterocycles. The van der Waals surface area contributed by atoms with Crippen molar-refractivity contribution in [2.75, 3.05) is 12.9 Å². The lowest BCUT2D eigenvalue weighted by atomic mass is 10.1. The van der Waals surface area contributed by atoms with Gasteiger partial charge in [0, 0.05) is 11.5 Å². The van der Waals surface area contributed by atoms with Crippen molar-refractivity contribution in [2.45, 2.75) is 23.9 Å². The number of benzene rings is 1. The van der Waals surface area contributed by atoms with Crippen LogP contribution in [0.2, 0.25) is 0 Å². The second-order valence-electron chi connectivity index (χ2n) is 4.72. The SMILES string of the molecule is COc1cccc(C(=O)CSc2n[nH]c(C3CC3)n2)c1. The van der Waals surface area contributed by atoms with Crippen LogP contribution >= 0.6 is 11.8 Å². The molecule has 1 N–H and O–H groups in total. The Morgan fingerprint density at radius 3 is 3.10 bits per heavy atom. The zero-order chi connectivity index (χ0) is 13.9. The van der Waals surface area contributed by atoms with E-state index >= 15 is 0 Å². The number of ether oxygens (including phenoxy) is 1. The topological polar surface area (TPSA) is 67.9 Å². The van der Waals surface area contributed by atoms with Crippen LogP contribution in [-0.2, 0) is 0 Å². The van der Waals surface area contributed by atoms with Crippen LogP contribution in [0.3, 0.4) is 0 Å². The number of rotatable bonds is 6. The zero-order valence-corrected chi connectivity index (χ0v) is 11.9. The lowest BCUT2D eigenvalue weighted by molar-refractivity contribution is 0.102. The molecule has 1 saturated carbocycles. The molecule has 5 nitrogen and oxygen atoms in total. The predicted molar refractivity (Wildman–Crippen MR) is 76.4 cm³/mol. The van der Waals surface area contributed by atoms with Crippen LogP contribution in [-0.4, -0.2) is 33.8 Å². The number of aromatic amines is 1. The van der Waals surface area contributed by atoms with Gasteiger partial charge in [-0.25, -0.2) is 4.98 Å². The highest BCUT2D eigenvalue weighted by Gasteiger charge is 2.27. The number of Topliss-reactive ketones (excluding diaryl/α,β-unsaturated/α-hetero) is 1. The normalized spacial score (nSPS) is 14.2. The van der Waals surface area contributed by atoms with Gasteiger partial charge < -0.3 is 4.74 Å². The molecule has 20 heavy (non-hydrogen) atoms. The predicted octanol–water partition coefficient (Wildman–Crippen LogP) is 2.67. The number of aromatic nitrogens is 3. The number of carbonyl (C=O) groups excluding carboxylic acids is 1. The lowest BCUT2D eigenvalue weighted by Crippen LogP contribution is -2.02. The molecule has 0 bridgehead atoms. The first-order valence-corrected chi connectivity index (χ1v) is 7.47. The maximum atomic E-state index is 12.1. The van der Waals surface area contributed by atoms with Gasteiger partial charge in [0.25, 0.3) is 0 Å². The average molecular weight is 289 g/mol. The second-order valence-corrected chi connectivity index (χ2v) is 5.66. The van der Waals surface area contributed by atoms with Crippen molar-refractivity contribution in [1.82, 2.24) is 15.2 Å². The maximum absolute atomic E-state index is 12.1. The Bertz CT molecular complexity index is 622. The van der Waals surface area contributed by atoms with Crippen LogP contribution < -0.4 is 4.74 Å². The van der Waals surface area contributed by atoms with Crippen molar-refractivity contribution in [3.63, 3.8) is 0 Å². The van der Waals surface area contributed by atoms with E-state index in [1.165, 1.54) is 24.6 Å². The summed E-state index contributed by atoms with van der Waals surface area (Å²) in [5, 5.41) is 7.70. The van der Waals surface area contributed by atoms with Crippen LogP contribution in [0.25, 0.3) is 0 Å². The molecule has 1 aromatic carbocycles. The van der Waals surface area contributed by atoms with Crippen LogP contribution in [0.1, 0.15) is 34.9 Å². The van der Waals surface area contributed by atoms with E-state index in [1.54, 1.807) is 19.2 Å². The van der Waals surface area contributed by atoms with E-state index in [0.717, 1.165) is 5.82 Å². The summed E-state index contributed by atoms with van der Waals surface area (Å²) < 4.78 is 5.12. The molecule has 0 radical (unpaired) electrons. The molecule has 0 spiro atoms. The van der Waals surface area contributed by atoms with E-state index in [2.05, 4.69) is 15.2 Å². The molecule has 0 atom stereocenters. The van der Waals surface area contributed by atoms with Gasteiger partial charge in [0.05, 0.1) is 12.9 Å². The van der Waals surface area contributed by atoms with Gasteiger partial charge in [0.2, 0.25) is 5.16 Å². The fourth-order valence-electron chi connectivity index (χ4n) is 1.87. The van der Waals surface area contributed by atoms with Gasteiger partial charge in [-0.05, 0) is 25.0 Å². The van der Waals surface area contributed by atoms with Crippen molar-refractivity contribution >= 4 is 17.5 Å². The molecule has 6 heteroatoms. The fourth-order valence-corrected chi connectivity index (χ4v) is 2.57. The quantitative estimate of drug-likeness (QED) is 0.654. The van der Waals surface area contributed by atoms with Crippen LogP contribution in [0.5, 0.6) is 5.75 Å². The Labute approximate surface area is 121 Å². The minimum atomic E-state index is 0.0478. The van der Waals surface area contributed by atoms with Crippen molar-refractivity contribution < 1.29 is 9.53 Å². The van der Waals surface area contributed by atoms with Gasteiger partial charge in [-0.3, -0.25) is 9.89 Å². The van der Waals surface area contributed by atoms with E-state index < -0.39 is 0 Å². The van der Waals surface area contributed by atoms with E-state index in [9.17, 15) is 4.79 Å². The highest BCUT2D eigenvalue weighted by Crippen LogP contribution is 2.38. The van der Waals surface area contributed by atoms with Crippen molar-refractivity contribution in [3.8, 4) is 5.75 Å². The van der Waals surface area contributed by atoms with Crippen LogP contribution in [0.15, 0.2) is 29.4 Å².